The van der Waals surface area contributed by atoms with Gasteiger partial charge in [-0.05, 0) is 81.9 Å². The fourth-order valence-electron chi connectivity index (χ4n) is 9.20. The maximum absolute atomic E-state index is 6.19. The Hall–Kier alpha value is -6.98. The van der Waals surface area contributed by atoms with E-state index in [2.05, 4.69) is 158 Å². The highest BCUT2D eigenvalue weighted by Gasteiger charge is 2.25. The van der Waals surface area contributed by atoms with Crippen LogP contribution in [0.1, 0.15) is 0 Å². The maximum atomic E-state index is 6.19. The molecule has 0 amide bonds. The van der Waals surface area contributed by atoms with E-state index < -0.39 is 0 Å². The predicted molar refractivity (Wildman–Crippen MR) is 249 cm³/mol. The second-order valence-electron chi connectivity index (χ2n) is 15.1. The van der Waals surface area contributed by atoms with Gasteiger partial charge < -0.3 is 8.83 Å². The first kappa shape index (κ1) is 32.1. The van der Waals surface area contributed by atoms with Gasteiger partial charge in [0.05, 0.1) is 0 Å². The van der Waals surface area contributed by atoms with Gasteiger partial charge in [0.25, 0.3) is 0 Å². The molecule has 0 aliphatic rings. The highest BCUT2D eigenvalue weighted by molar-refractivity contribution is 7.30. The number of thiophene rings is 2. The van der Waals surface area contributed by atoms with Gasteiger partial charge in [-0.3, -0.25) is 0 Å². The quantitative estimate of drug-likeness (QED) is 0.178. The summed E-state index contributed by atoms with van der Waals surface area (Å²) in [6, 6.07) is 65.9. The Bertz CT molecular complexity index is 3790. The Labute approximate surface area is 340 Å². The van der Waals surface area contributed by atoms with Crippen molar-refractivity contribution in [1.29, 1.82) is 0 Å². The molecule has 0 aliphatic carbocycles. The summed E-state index contributed by atoms with van der Waals surface area (Å²) in [5.41, 5.74) is 13.5. The maximum Gasteiger partial charge on any atom is 0.135 e. The molecule has 0 radical (unpaired) electrons. The number of benzene rings is 9. The molecule has 9 aromatic carbocycles. The first-order chi connectivity index (χ1) is 28.7. The summed E-state index contributed by atoms with van der Waals surface area (Å²) in [7, 11) is 0. The van der Waals surface area contributed by atoms with E-state index in [1.54, 1.807) is 0 Å². The minimum Gasteiger partial charge on any atom is -0.456 e. The van der Waals surface area contributed by atoms with Gasteiger partial charge in [-0.15, -0.1) is 22.7 Å². The molecule has 0 atom stereocenters. The summed E-state index contributed by atoms with van der Waals surface area (Å²) in [4.78, 5) is 0. The Morgan fingerprint density at radius 1 is 0.276 bits per heavy atom. The van der Waals surface area contributed by atoms with Crippen LogP contribution in [-0.2, 0) is 0 Å². The largest absolute Gasteiger partial charge is 0.456 e. The Balaban J connectivity index is 1.09. The molecule has 13 aromatic rings. The summed E-state index contributed by atoms with van der Waals surface area (Å²) in [5, 5.41) is 9.83. The smallest absolute Gasteiger partial charge is 0.135 e. The molecule has 58 heavy (non-hydrogen) atoms. The van der Waals surface area contributed by atoms with E-state index in [-0.39, 0.29) is 0 Å². The first-order valence-electron chi connectivity index (χ1n) is 19.6. The third kappa shape index (κ3) is 4.70. The zero-order chi connectivity index (χ0) is 37.9. The van der Waals surface area contributed by atoms with Crippen molar-refractivity contribution in [2.45, 2.75) is 0 Å². The molecule has 0 saturated carbocycles. The van der Waals surface area contributed by atoms with Crippen LogP contribution in [0.3, 0.4) is 0 Å². The first-order valence-corrected chi connectivity index (χ1v) is 21.2. The molecular formula is C54H30O2S2. The third-order valence-corrected chi connectivity index (χ3v) is 14.2. The van der Waals surface area contributed by atoms with Crippen LogP contribution in [-0.4, -0.2) is 0 Å². The fraction of sp³-hybridized carbons (Fsp3) is 0. The Morgan fingerprint density at radius 2 is 0.707 bits per heavy atom. The van der Waals surface area contributed by atoms with Crippen LogP contribution >= 0.6 is 22.7 Å². The van der Waals surface area contributed by atoms with Crippen molar-refractivity contribution in [2.75, 3.05) is 0 Å². The summed E-state index contributed by atoms with van der Waals surface area (Å²) in [5.74, 6) is 0. The molecule has 0 bridgehead atoms. The van der Waals surface area contributed by atoms with E-state index >= 15 is 0 Å². The minimum absolute atomic E-state index is 0.916. The SMILES string of the molecule is c1ccc(-c2c(-c3ccccc3)c3c4ccc(-c5ccc6oc7ccccc7c6c5)cc4sc3c3c2sc2cc(-c4ccc5oc6ccccc6c5c4)ccc23)cc1. The van der Waals surface area contributed by atoms with E-state index in [1.165, 1.54) is 84.9 Å². The molecule has 0 saturated heterocycles. The van der Waals surface area contributed by atoms with Gasteiger partial charge in [-0.25, -0.2) is 0 Å². The molecule has 0 spiro atoms. The van der Waals surface area contributed by atoms with Crippen molar-refractivity contribution in [3.63, 3.8) is 0 Å². The van der Waals surface area contributed by atoms with Crippen LogP contribution in [0.5, 0.6) is 0 Å². The van der Waals surface area contributed by atoms with Crippen LogP contribution in [0.15, 0.2) is 191 Å². The van der Waals surface area contributed by atoms with Crippen molar-refractivity contribution in [3.05, 3.63) is 182 Å². The average molecular weight is 775 g/mol. The van der Waals surface area contributed by atoms with Crippen molar-refractivity contribution in [2.24, 2.45) is 0 Å². The van der Waals surface area contributed by atoms with Crippen molar-refractivity contribution < 1.29 is 8.83 Å². The molecule has 4 aromatic heterocycles. The molecule has 270 valence electrons. The predicted octanol–water partition coefficient (Wildman–Crippen LogP) is 16.9. The molecule has 0 fully saturated rings. The van der Waals surface area contributed by atoms with E-state index in [9.17, 15) is 0 Å². The highest BCUT2D eigenvalue weighted by atomic mass is 32.1. The van der Waals surface area contributed by atoms with Gasteiger partial charge in [0, 0.05) is 73.0 Å². The van der Waals surface area contributed by atoms with Crippen molar-refractivity contribution in [1.82, 2.24) is 0 Å². The number of hydrogen-bond donors (Lipinski definition) is 0. The van der Waals surface area contributed by atoms with Gasteiger partial charge in [0.1, 0.15) is 22.3 Å². The Morgan fingerprint density at radius 3 is 1.28 bits per heavy atom. The number of rotatable bonds is 4. The lowest BCUT2D eigenvalue weighted by molar-refractivity contribution is 0.668. The Kier molecular flexibility index (Phi) is 6.79. The molecule has 4 heterocycles. The number of furan rings is 2. The topological polar surface area (TPSA) is 26.3 Å². The van der Waals surface area contributed by atoms with Crippen LogP contribution in [0.25, 0.3) is 129 Å². The summed E-state index contributed by atoms with van der Waals surface area (Å²) in [6.07, 6.45) is 0. The van der Waals surface area contributed by atoms with Crippen LogP contribution in [0.2, 0.25) is 0 Å². The molecule has 4 heteroatoms. The molecule has 0 N–H and O–H groups in total. The lowest BCUT2D eigenvalue weighted by Gasteiger charge is -2.15. The van der Waals surface area contributed by atoms with E-state index in [1.807, 2.05) is 46.9 Å². The van der Waals surface area contributed by atoms with Crippen LogP contribution < -0.4 is 0 Å². The van der Waals surface area contributed by atoms with E-state index in [0.29, 0.717) is 0 Å². The molecular weight excluding hydrogens is 745 g/mol. The summed E-state index contributed by atoms with van der Waals surface area (Å²) < 4.78 is 17.6. The molecule has 13 rings (SSSR count). The van der Waals surface area contributed by atoms with Gasteiger partial charge >= 0.3 is 0 Å². The summed E-state index contributed by atoms with van der Waals surface area (Å²) in [6.45, 7) is 0. The highest BCUT2D eigenvalue weighted by Crippen LogP contribution is 2.54. The number of fused-ring (bicyclic) bond motifs is 13. The second kappa shape index (κ2) is 12.3. The molecule has 0 unspecified atom stereocenters. The van der Waals surface area contributed by atoms with Gasteiger partial charge in [0.2, 0.25) is 0 Å². The normalized spacial score (nSPS) is 12.1. The standard InChI is InChI=1S/C54H30O2S2/c1-3-11-31(12-4-1)49-50(32-13-5-2-6-14-32)53-52(40-24-20-36(30-48(40)57-53)34-22-26-46-42(28-34)38-16-8-10-18-44(38)56-46)54-51(49)39-23-19-35(29-47(39)58-54)33-21-25-45-41(27-33)37-15-7-9-17-43(37)55-45/h1-30H. The third-order valence-electron chi connectivity index (χ3n) is 11.9. The molecule has 0 aliphatic heterocycles. The number of para-hydroxylation sites is 2. The van der Waals surface area contributed by atoms with Crippen LogP contribution in [0, 0.1) is 0 Å². The van der Waals surface area contributed by atoms with Gasteiger partial charge in [0.15, 0.2) is 0 Å². The van der Waals surface area contributed by atoms with Gasteiger partial charge in [-0.2, -0.15) is 0 Å². The summed E-state index contributed by atoms with van der Waals surface area (Å²) >= 11 is 3.84. The monoisotopic (exact) mass is 774 g/mol. The van der Waals surface area contributed by atoms with E-state index in [0.717, 1.165) is 43.9 Å². The van der Waals surface area contributed by atoms with Crippen molar-refractivity contribution in [3.8, 4) is 44.5 Å². The van der Waals surface area contributed by atoms with Crippen molar-refractivity contribution >= 4 is 107 Å². The zero-order valence-electron chi connectivity index (χ0n) is 31.0. The molecule has 2 nitrogen and oxygen atoms in total. The lowest BCUT2D eigenvalue weighted by Crippen LogP contribution is -1.88. The minimum atomic E-state index is 0.916. The lowest BCUT2D eigenvalue weighted by atomic mass is 9.88. The zero-order valence-corrected chi connectivity index (χ0v) is 32.6. The van der Waals surface area contributed by atoms with Gasteiger partial charge in [-0.1, -0.05) is 133 Å². The number of hydrogen-bond acceptors (Lipinski definition) is 4. The fourth-order valence-corrected chi connectivity index (χ4v) is 11.9. The average Bonchev–Trinajstić information content (AvgIpc) is 4.05. The van der Waals surface area contributed by atoms with E-state index in [4.69, 9.17) is 8.83 Å². The second-order valence-corrected chi connectivity index (χ2v) is 17.2. The van der Waals surface area contributed by atoms with Crippen LogP contribution in [0.4, 0.5) is 0 Å².